The zero-order valence-electron chi connectivity index (χ0n) is 11.1. The third kappa shape index (κ3) is 3.58. The number of carbonyl (C=O) groups is 1. The number of ketones is 1. The summed E-state index contributed by atoms with van der Waals surface area (Å²) in [5.41, 5.74) is 5.82. The van der Waals surface area contributed by atoms with Gasteiger partial charge in [0.15, 0.2) is 5.78 Å². The van der Waals surface area contributed by atoms with Gasteiger partial charge >= 0.3 is 0 Å². The molecule has 0 amide bonds. The normalized spacial score (nSPS) is 20.8. The van der Waals surface area contributed by atoms with E-state index in [0.29, 0.717) is 5.92 Å². The molecule has 1 saturated carbocycles. The maximum Gasteiger partial charge on any atom is 0.155 e. The van der Waals surface area contributed by atoms with Crippen molar-refractivity contribution < 1.29 is 4.79 Å². The van der Waals surface area contributed by atoms with Crippen LogP contribution in [0.25, 0.3) is 0 Å². The Hall–Kier alpha value is -0.370. The van der Waals surface area contributed by atoms with E-state index in [2.05, 4.69) is 6.92 Å². The van der Waals surface area contributed by atoms with E-state index in [4.69, 9.17) is 5.73 Å². The van der Waals surface area contributed by atoms with Gasteiger partial charge in [-0.05, 0) is 18.8 Å². The smallest absolute Gasteiger partial charge is 0.155 e. The Morgan fingerprint density at radius 2 is 1.88 bits per heavy atom. The van der Waals surface area contributed by atoms with Crippen molar-refractivity contribution in [2.75, 3.05) is 0 Å². The van der Waals surface area contributed by atoms with Gasteiger partial charge in [-0.1, -0.05) is 52.9 Å². The SMILES string of the molecule is CCC(C)(C)C(=O)C(N)CC1CCCCC1. The standard InChI is InChI=1S/C14H27NO/c1-4-14(2,3)13(16)12(15)10-11-8-6-5-7-9-11/h11-12H,4-10,15H2,1-3H3. The Balaban J connectivity index is 2.44. The van der Waals surface area contributed by atoms with Crippen molar-refractivity contribution >= 4 is 5.78 Å². The molecule has 2 N–H and O–H groups in total. The summed E-state index contributed by atoms with van der Waals surface area (Å²) in [6.45, 7) is 6.08. The molecule has 1 atom stereocenters. The van der Waals surface area contributed by atoms with Gasteiger partial charge in [-0.3, -0.25) is 4.79 Å². The van der Waals surface area contributed by atoms with Crippen LogP contribution in [0.2, 0.25) is 0 Å². The first-order valence-electron chi connectivity index (χ1n) is 6.77. The quantitative estimate of drug-likeness (QED) is 0.780. The van der Waals surface area contributed by atoms with E-state index in [-0.39, 0.29) is 17.2 Å². The number of hydrogen-bond acceptors (Lipinski definition) is 2. The highest BCUT2D eigenvalue weighted by molar-refractivity contribution is 5.88. The lowest BCUT2D eigenvalue weighted by Gasteiger charge is -2.29. The van der Waals surface area contributed by atoms with Crippen molar-refractivity contribution in [3.63, 3.8) is 0 Å². The molecule has 94 valence electrons. The zero-order valence-corrected chi connectivity index (χ0v) is 11.1. The first kappa shape index (κ1) is 13.7. The van der Waals surface area contributed by atoms with Gasteiger partial charge in [-0.25, -0.2) is 0 Å². The van der Waals surface area contributed by atoms with Crippen LogP contribution in [-0.2, 0) is 4.79 Å². The van der Waals surface area contributed by atoms with Crippen LogP contribution in [0.5, 0.6) is 0 Å². The second kappa shape index (κ2) is 5.81. The molecule has 0 bridgehead atoms. The van der Waals surface area contributed by atoms with Gasteiger partial charge in [-0.15, -0.1) is 0 Å². The zero-order chi connectivity index (χ0) is 12.2. The number of hydrogen-bond donors (Lipinski definition) is 1. The van der Waals surface area contributed by atoms with E-state index in [1.54, 1.807) is 0 Å². The molecule has 0 spiro atoms. The molecule has 1 aliphatic carbocycles. The monoisotopic (exact) mass is 225 g/mol. The number of carbonyl (C=O) groups excluding carboxylic acids is 1. The summed E-state index contributed by atoms with van der Waals surface area (Å²) >= 11 is 0. The topological polar surface area (TPSA) is 43.1 Å². The second-order valence-corrected chi connectivity index (χ2v) is 5.95. The van der Waals surface area contributed by atoms with Gasteiger partial charge < -0.3 is 5.73 Å². The molecule has 0 saturated heterocycles. The molecule has 16 heavy (non-hydrogen) atoms. The van der Waals surface area contributed by atoms with Gasteiger partial charge in [0.1, 0.15) is 0 Å². The third-order valence-electron chi connectivity index (χ3n) is 4.20. The minimum Gasteiger partial charge on any atom is -0.321 e. The molecule has 0 radical (unpaired) electrons. The average molecular weight is 225 g/mol. The number of Topliss-reactive ketones (excluding diaryl/α,β-unsaturated/α-hetero) is 1. The molecule has 0 heterocycles. The Morgan fingerprint density at radius 3 is 2.38 bits per heavy atom. The third-order valence-corrected chi connectivity index (χ3v) is 4.20. The van der Waals surface area contributed by atoms with Crippen molar-refractivity contribution in [1.29, 1.82) is 0 Å². The highest BCUT2D eigenvalue weighted by atomic mass is 16.1. The predicted molar refractivity (Wildman–Crippen MR) is 68.2 cm³/mol. The molecule has 2 nitrogen and oxygen atoms in total. The van der Waals surface area contributed by atoms with Crippen molar-refractivity contribution in [2.24, 2.45) is 17.1 Å². The highest BCUT2D eigenvalue weighted by Gasteiger charge is 2.31. The van der Waals surface area contributed by atoms with E-state index in [1.807, 2.05) is 13.8 Å². The van der Waals surface area contributed by atoms with Crippen molar-refractivity contribution in [1.82, 2.24) is 0 Å². The molecule has 0 aromatic rings. The number of rotatable bonds is 5. The molecule has 1 rings (SSSR count). The molecule has 1 unspecified atom stereocenters. The molecule has 0 aliphatic heterocycles. The first-order valence-corrected chi connectivity index (χ1v) is 6.77. The van der Waals surface area contributed by atoms with E-state index in [1.165, 1.54) is 32.1 Å². The lowest BCUT2D eigenvalue weighted by Crippen LogP contribution is -2.41. The Kier molecular flexibility index (Phi) is 4.97. The minimum atomic E-state index is -0.242. The summed E-state index contributed by atoms with van der Waals surface area (Å²) in [4.78, 5) is 12.1. The molecule has 2 heteroatoms. The Labute approximate surface area is 100.0 Å². The largest absolute Gasteiger partial charge is 0.321 e. The maximum absolute atomic E-state index is 12.1. The van der Waals surface area contributed by atoms with E-state index < -0.39 is 0 Å². The van der Waals surface area contributed by atoms with Crippen LogP contribution < -0.4 is 5.73 Å². The minimum absolute atomic E-state index is 0.238. The molecule has 1 fully saturated rings. The van der Waals surface area contributed by atoms with Gasteiger partial charge in [-0.2, -0.15) is 0 Å². The summed E-state index contributed by atoms with van der Waals surface area (Å²) in [7, 11) is 0. The molecule has 0 aromatic heterocycles. The van der Waals surface area contributed by atoms with Crippen LogP contribution in [0.15, 0.2) is 0 Å². The summed E-state index contributed by atoms with van der Waals surface area (Å²) in [5, 5.41) is 0. The van der Waals surface area contributed by atoms with E-state index in [0.717, 1.165) is 12.8 Å². The Bertz CT molecular complexity index is 229. The van der Waals surface area contributed by atoms with Gasteiger partial charge in [0.2, 0.25) is 0 Å². The van der Waals surface area contributed by atoms with Gasteiger partial charge in [0, 0.05) is 5.41 Å². The fourth-order valence-electron chi connectivity index (χ4n) is 2.57. The van der Waals surface area contributed by atoms with Gasteiger partial charge in [0.05, 0.1) is 6.04 Å². The maximum atomic E-state index is 12.1. The molecular formula is C14H27NO. The first-order chi connectivity index (χ1) is 7.47. The number of nitrogens with two attached hydrogens (primary N) is 1. The van der Waals surface area contributed by atoms with Crippen molar-refractivity contribution in [3.05, 3.63) is 0 Å². The molecule has 0 aromatic carbocycles. The second-order valence-electron chi connectivity index (χ2n) is 5.95. The van der Waals surface area contributed by atoms with Crippen LogP contribution >= 0.6 is 0 Å². The van der Waals surface area contributed by atoms with Crippen LogP contribution in [0, 0.1) is 11.3 Å². The summed E-state index contributed by atoms with van der Waals surface area (Å²) < 4.78 is 0. The predicted octanol–water partition coefficient (Wildman–Crippen LogP) is 3.29. The van der Waals surface area contributed by atoms with Gasteiger partial charge in [0.25, 0.3) is 0 Å². The molecule has 1 aliphatic rings. The lowest BCUT2D eigenvalue weighted by atomic mass is 9.77. The Morgan fingerprint density at radius 1 is 1.31 bits per heavy atom. The molecular weight excluding hydrogens is 198 g/mol. The fraction of sp³-hybridized carbons (Fsp3) is 0.929. The summed E-state index contributed by atoms with van der Waals surface area (Å²) in [5.74, 6) is 0.945. The average Bonchev–Trinajstić information content (AvgIpc) is 2.29. The van der Waals surface area contributed by atoms with Crippen LogP contribution in [0.4, 0.5) is 0 Å². The summed E-state index contributed by atoms with van der Waals surface area (Å²) in [6.07, 6.45) is 8.33. The van der Waals surface area contributed by atoms with Crippen molar-refractivity contribution in [3.8, 4) is 0 Å². The fourth-order valence-corrected chi connectivity index (χ4v) is 2.57. The lowest BCUT2D eigenvalue weighted by molar-refractivity contribution is -0.129. The highest BCUT2D eigenvalue weighted by Crippen LogP contribution is 2.29. The van der Waals surface area contributed by atoms with E-state index in [9.17, 15) is 4.79 Å². The van der Waals surface area contributed by atoms with Crippen LogP contribution in [0.3, 0.4) is 0 Å². The van der Waals surface area contributed by atoms with Crippen LogP contribution in [-0.4, -0.2) is 11.8 Å². The summed E-state index contributed by atoms with van der Waals surface area (Å²) in [6, 6.07) is -0.238. The van der Waals surface area contributed by atoms with E-state index >= 15 is 0 Å². The van der Waals surface area contributed by atoms with Crippen LogP contribution in [0.1, 0.15) is 65.7 Å². The van der Waals surface area contributed by atoms with Crippen molar-refractivity contribution in [2.45, 2.75) is 71.8 Å².